The van der Waals surface area contributed by atoms with E-state index < -0.39 is 0 Å². The van der Waals surface area contributed by atoms with Crippen LogP contribution in [0.15, 0.2) is 0 Å². The molecule has 82 valence electrons. The summed E-state index contributed by atoms with van der Waals surface area (Å²) in [4.78, 5) is 11.5. The predicted molar refractivity (Wildman–Crippen MR) is 60.3 cm³/mol. The third-order valence-corrected chi connectivity index (χ3v) is 3.55. The third kappa shape index (κ3) is 3.43. The summed E-state index contributed by atoms with van der Waals surface area (Å²) in [6.07, 6.45) is 9.74. The zero-order chi connectivity index (χ0) is 10.4. The van der Waals surface area contributed by atoms with Crippen molar-refractivity contribution in [1.82, 2.24) is 0 Å². The molecule has 0 amide bonds. The lowest BCUT2D eigenvalue weighted by Crippen LogP contribution is -2.15. The number of hydrogen-bond donors (Lipinski definition) is 0. The van der Waals surface area contributed by atoms with Crippen molar-refractivity contribution in [2.24, 2.45) is 11.8 Å². The number of rotatable bonds is 6. The summed E-state index contributed by atoms with van der Waals surface area (Å²) in [5.41, 5.74) is 0. The molecule has 1 rings (SSSR count). The lowest BCUT2D eigenvalue weighted by Gasteiger charge is -2.17. The van der Waals surface area contributed by atoms with Gasteiger partial charge in [-0.2, -0.15) is 0 Å². The molecule has 0 radical (unpaired) electrons. The first kappa shape index (κ1) is 11.7. The van der Waals surface area contributed by atoms with Crippen molar-refractivity contribution in [2.45, 2.75) is 65.2 Å². The first-order chi connectivity index (χ1) is 6.75. The van der Waals surface area contributed by atoms with Crippen LogP contribution < -0.4 is 0 Å². The summed E-state index contributed by atoms with van der Waals surface area (Å²) in [5, 5.41) is 0. The summed E-state index contributed by atoms with van der Waals surface area (Å²) < 4.78 is 0. The molecule has 0 aliphatic heterocycles. The molecule has 1 heteroatoms. The molecule has 0 spiro atoms. The van der Waals surface area contributed by atoms with Crippen LogP contribution >= 0.6 is 0 Å². The van der Waals surface area contributed by atoms with E-state index in [-0.39, 0.29) is 0 Å². The van der Waals surface area contributed by atoms with Gasteiger partial charge >= 0.3 is 0 Å². The molecule has 1 aliphatic rings. The summed E-state index contributed by atoms with van der Waals surface area (Å²) in [5.74, 6) is 1.59. The van der Waals surface area contributed by atoms with E-state index in [1.807, 2.05) is 0 Å². The molecule has 0 N–H and O–H groups in total. The normalized spacial score (nSPS) is 24.1. The minimum Gasteiger partial charge on any atom is -0.299 e. The lowest BCUT2D eigenvalue weighted by atomic mass is 9.87. The molecular weight excluding hydrogens is 172 g/mol. The molecular formula is C13H24O. The average Bonchev–Trinajstić information content (AvgIpc) is 2.59. The number of carbonyl (C=O) groups excluding carboxylic acids is 1. The molecule has 2 unspecified atom stereocenters. The molecule has 1 aliphatic carbocycles. The molecule has 0 bridgehead atoms. The summed E-state index contributed by atoms with van der Waals surface area (Å²) in [6, 6.07) is 0. The maximum atomic E-state index is 11.5. The SMILES string of the molecule is CCCCCCC(C)C1CCCC1=O. The second-order valence-corrected chi connectivity index (χ2v) is 4.79. The summed E-state index contributed by atoms with van der Waals surface area (Å²) >= 11 is 0. The van der Waals surface area contributed by atoms with E-state index in [0.29, 0.717) is 17.6 Å². The van der Waals surface area contributed by atoms with E-state index in [0.717, 1.165) is 19.3 Å². The highest BCUT2D eigenvalue weighted by Gasteiger charge is 2.28. The minimum absolute atomic E-state index is 0.414. The standard InChI is InChI=1S/C13H24O/c1-3-4-5-6-8-11(2)12-9-7-10-13(12)14/h11-12H,3-10H2,1-2H3. The van der Waals surface area contributed by atoms with Gasteiger partial charge in [-0.05, 0) is 18.8 Å². The number of Topliss-reactive ketones (excluding diaryl/α,β-unsaturated/α-hetero) is 1. The summed E-state index contributed by atoms with van der Waals surface area (Å²) in [6.45, 7) is 4.50. The quantitative estimate of drug-likeness (QED) is 0.588. The monoisotopic (exact) mass is 196 g/mol. The zero-order valence-corrected chi connectivity index (χ0v) is 9.72. The van der Waals surface area contributed by atoms with Crippen LogP contribution in [-0.4, -0.2) is 5.78 Å². The van der Waals surface area contributed by atoms with Crippen molar-refractivity contribution in [3.05, 3.63) is 0 Å². The summed E-state index contributed by atoms with van der Waals surface area (Å²) in [7, 11) is 0. The van der Waals surface area contributed by atoms with Crippen molar-refractivity contribution in [3.8, 4) is 0 Å². The third-order valence-electron chi connectivity index (χ3n) is 3.55. The van der Waals surface area contributed by atoms with Crippen molar-refractivity contribution in [3.63, 3.8) is 0 Å². The van der Waals surface area contributed by atoms with E-state index in [1.54, 1.807) is 0 Å². The molecule has 0 aromatic heterocycles. The Morgan fingerprint density at radius 2 is 2.14 bits per heavy atom. The largest absolute Gasteiger partial charge is 0.299 e. The highest BCUT2D eigenvalue weighted by atomic mass is 16.1. The first-order valence-corrected chi connectivity index (χ1v) is 6.28. The predicted octanol–water partition coefficient (Wildman–Crippen LogP) is 3.96. The Hall–Kier alpha value is -0.330. The van der Waals surface area contributed by atoms with Crippen LogP contribution in [0.5, 0.6) is 0 Å². The number of unbranched alkanes of at least 4 members (excludes halogenated alkanes) is 3. The molecule has 0 heterocycles. The fraction of sp³-hybridized carbons (Fsp3) is 0.923. The molecule has 1 nitrogen and oxygen atoms in total. The van der Waals surface area contributed by atoms with Crippen LogP contribution in [0.4, 0.5) is 0 Å². The van der Waals surface area contributed by atoms with E-state index in [9.17, 15) is 4.79 Å². The van der Waals surface area contributed by atoms with Gasteiger partial charge in [-0.25, -0.2) is 0 Å². The van der Waals surface area contributed by atoms with Gasteiger partial charge in [0.05, 0.1) is 0 Å². The Bertz CT molecular complexity index is 174. The van der Waals surface area contributed by atoms with Gasteiger partial charge in [0.2, 0.25) is 0 Å². The van der Waals surface area contributed by atoms with E-state index in [2.05, 4.69) is 13.8 Å². The van der Waals surface area contributed by atoms with Crippen LogP contribution in [0.25, 0.3) is 0 Å². The van der Waals surface area contributed by atoms with Crippen LogP contribution in [0.1, 0.15) is 65.2 Å². The lowest BCUT2D eigenvalue weighted by molar-refractivity contribution is -0.121. The van der Waals surface area contributed by atoms with Gasteiger partial charge in [0.15, 0.2) is 0 Å². The molecule has 14 heavy (non-hydrogen) atoms. The molecule has 0 aromatic rings. The minimum atomic E-state index is 0.414. The van der Waals surface area contributed by atoms with Gasteiger partial charge in [0, 0.05) is 12.3 Å². The van der Waals surface area contributed by atoms with Crippen LogP contribution in [0.3, 0.4) is 0 Å². The van der Waals surface area contributed by atoms with Gasteiger partial charge in [0.1, 0.15) is 5.78 Å². The number of ketones is 1. The number of carbonyl (C=O) groups is 1. The number of hydrogen-bond acceptors (Lipinski definition) is 1. The second kappa shape index (κ2) is 6.21. The van der Waals surface area contributed by atoms with E-state index >= 15 is 0 Å². The Balaban J connectivity index is 2.14. The van der Waals surface area contributed by atoms with Gasteiger partial charge in [-0.1, -0.05) is 46.0 Å². The average molecular weight is 196 g/mol. The van der Waals surface area contributed by atoms with Crippen molar-refractivity contribution < 1.29 is 4.79 Å². The maximum Gasteiger partial charge on any atom is 0.136 e. The first-order valence-electron chi connectivity index (χ1n) is 6.28. The van der Waals surface area contributed by atoms with Crippen LogP contribution in [0.2, 0.25) is 0 Å². The highest BCUT2D eigenvalue weighted by molar-refractivity contribution is 5.83. The fourth-order valence-corrected chi connectivity index (χ4v) is 2.54. The molecule has 0 aromatic carbocycles. The van der Waals surface area contributed by atoms with Crippen LogP contribution in [-0.2, 0) is 4.79 Å². The van der Waals surface area contributed by atoms with E-state index in [4.69, 9.17) is 0 Å². The molecule has 2 atom stereocenters. The highest BCUT2D eigenvalue weighted by Crippen LogP contribution is 2.31. The Kier molecular flexibility index (Phi) is 5.21. The van der Waals surface area contributed by atoms with Crippen molar-refractivity contribution >= 4 is 5.78 Å². The molecule has 1 saturated carbocycles. The Labute approximate surface area is 88.3 Å². The zero-order valence-electron chi connectivity index (χ0n) is 9.72. The smallest absolute Gasteiger partial charge is 0.136 e. The van der Waals surface area contributed by atoms with Gasteiger partial charge in [0.25, 0.3) is 0 Å². The second-order valence-electron chi connectivity index (χ2n) is 4.79. The molecule has 0 saturated heterocycles. The fourth-order valence-electron chi connectivity index (χ4n) is 2.54. The van der Waals surface area contributed by atoms with Gasteiger partial charge < -0.3 is 0 Å². The molecule has 1 fully saturated rings. The van der Waals surface area contributed by atoms with Crippen molar-refractivity contribution in [1.29, 1.82) is 0 Å². The van der Waals surface area contributed by atoms with Crippen molar-refractivity contribution in [2.75, 3.05) is 0 Å². The Morgan fingerprint density at radius 1 is 1.36 bits per heavy atom. The maximum absolute atomic E-state index is 11.5. The van der Waals surface area contributed by atoms with E-state index in [1.165, 1.54) is 32.1 Å². The topological polar surface area (TPSA) is 17.1 Å². The van der Waals surface area contributed by atoms with Crippen LogP contribution in [0, 0.1) is 11.8 Å². The Morgan fingerprint density at radius 3 is 2.71 bits per heavy atom. The van der Waals surface area contributed by atoms with Gasteiger partial charge in [-0.3, -0.25) is 4.79 Å². The van der Waals surface area contributed by atoms with Gasteiger partial charge in [-0.15, -0.1) is 0 Å².